The van der Waals surface area contributed by atoms with Crippen molar-refractivity contribution in [2.45, 2.75) is 32.5 Å². The Labute approximate surface area is 232 Å². The lowest BCUT2D eigenvalue weighted by atomic mass is 10.1. The van der Waals surface area contributed by atoms with Gasteiger partial charge >= 0.3 is 12.1 Å². The van der Waals surface area contributed by atoms with Gasteiger partial charge < -0.3 is 9.47 Å². The lowest BCUT2D eigenvalue weighted by molar-refractivity contribution is -0.167. The summed E-state index contributed by atoms with van der Waals surface area (Å²) < 4.78 is 78.0. The Kier molecular flexibility index (Phi) is 8.57. The molecule has 4 aromatic rings. The van der Waals surface area contributed by atoms with Gasteiger partial charge in [0, 0.05) is 0 Å². The van der Waals surface area contributed by atoms with E-state index in [0.29, 0.717) is 11.5 Å². The fourth-order valence-corrected chi connectivity index (χ4v) is 6.13. The van der Waals surface area contributed by atoms with Crippen LogP contribution < -0.4 is 4.74 Å². The molecule has 0 fully saturated rings. The van der Waals surface area contributed by atoms with Crippen LogP contribution in [-0.2, 0) is 25.7 Å². The first-order valence-corrected chi connectivity index (χ1v) is 14.5. The number of hydrogen-bond donors (Lipinski definition) is 1. The van der Waals surface area contributed by atoms with Gasteiger partial charge in [-0.3, -0.25) is 4.55 Å². The molecule has 40 heavy (non-hydrogen) atoms. The van der Waals surface area contributed by atoms with Crippen LogP contribution in [0.15, 0.2) is 124 Å². The van der Waals surface area contributed by atoms with Crippen LogP contribution in [0.2, 0.25) is 0 Å². The van der Waals surface area contributed by atoms with Crippen molar-refractivity contribution >= 4 is 27.0 Å². The molecule has 0 spiro atoms. The molecule has 0 aliphatic carbocycles. The fourth-order valence-electron chi connectivity index (χ4n) is 3.55. The zero-order valence-electron chi connectivity index (χ0n) is 21.0. The minimum Gasteiger partial charge on any atom is -0.460 e. The van der Waals surface area contributed by atoms with Gasteiger partial charge in [0.15, 0.2) is 14.7 Å². The van der Waals surface area contributed by atoms with Crippen LogP contribution in [0.1, 0.15) is 17.3 Å². The van der Waals surface area contributed by atoms with Crippen molar-refractivity contribution in [2.75, 3.05) is 6.61 Å². The molecule has 0 bridgehead atoms. The van der Waals surface area contributed by atoms with E-state index in [9.17, 15) is 26.4 Å². The van der Waals surface area contributed by atoms with Gasteiger partial charge in [-0.15, -0.1) is 0 Å². The molecule has 208 valence electrons. The number of carbonyl (C=O) groups is 1. The number of halogens is 3. The van der Waals surface area contributed by atoms with Crippen LogP contribution in [0.5, 0.6) is 11.5 Å². The van der Waals surface area contributed by atoms with Crippen molar-refractivity contribution in [1.82, 2.24) is 0 Å². The molecule has 0 aromatic heterocycles. The SMILES string of the molecule is CC(COC(=O)c1ccc(Oc2ccc([S+](c3ccccc3)c3ccccc3)cc2)cc1)(C(F)(F)F)S(=O)(=O)O. The normalized spacial score (nSPS) is 13.4. The maximum absolute atomic E-state index is 13.2. The zero-order valence-corrected chi connectivity index (χ0v) is 22.7. The Morgan fingerprint density at radius 2 is 1.18 bits per heavy atom. The first kappa shape index (κ1) is 29.2. The van der Waals surface area contributed by atoms with Crippen molar-refractivity contribution in [3.63, 3.8) is 0 Å². The molecule has 0 aliphatic rings. The predicted octanol–water partition coefficient (Wildman–Crippen LogP) is 6.94. The zero-order chi connectivity index (χ0) is 29.0. The van der Waals surface area contributed by atoms with E-state index in [1.807, 2.05) is 60.7 Å². The summed E-state index contributed by atoms with van der Waals surface area (Å²) in [6.45, 7) is -1.37. The molecule has 1 unspecified atom stereocenters. The van der Waals surface area contributed by atoms with E-state index in [0.717, 1.165) is 14.7 Å². The van der Waals surface area contributed by atoms with E-state index in [1.54, 1.807) is 0 Å². The van der Waals surface area contributed by atoms with E-state index >= 15 is 0 Å². The van der Waals surface area contributed by atoms with Gasteiger partial charge in [-0.1, -0.05) is 36.4 Å². The largest absolute Gasteiger partial charge is 0.460 e. The summed E-state index contributed by atoms with van der Waals surface area (Å²) in [5, 5.41) is 0. The van der Waals surface area contributed by atoms with Gasteiger partial charge in [-0.2, -0.15) is 21.6 Å². The topological polar surface area (TPSA) is 89.9 Å². The summed E-state index contributed by atoms with van der Waals surface area (Å²) in [6.07, 6.45) is -5.36. The molecule has 4 aromatic carbocycles. The number of rotatable bonds is 9. The number of ether oxygens (including phenoxy) is 2. The number of hydrogen-bond acceptors (Lipinski definition) is 5. The second kappa shape index (κ2) is 11.7. The third-order valence-corrected chi connectivity index (χ3v) is 9.71. The average molecular weight is 590 g/mol. The molecule has 0 saturated heterocycles. The first-order chi connectivity index (χ1) is 18.9. The first-order valence-electron chi connectivity index (χ1n) is 11.8. The lowest BCUT2D eigenvalue weighted by Crippen LogP contribution is -2.53. The van der Waals surface area contributed by atoms with Gasteiger partial charge in [-0.25, -0.2) is 4.79 Å². The van der Waals surface area contributed by atoms with E-state index < -0.39 is 33.6 Å². The van der Waals surface area contributed by atoms with Crippen LogP contribution in [0.3, 0.4) is 0 Å². The Bertz CT molecular complexity index is 1500. The van der Waals surface area contributed by atoms with E-state index in [4.69, 9.17) is 9.29 Å². The molecule has 1 atom stereocenters. The average Bonchev–Trinajstić information content (AvgIpc) is 2.93. The summed E-state index contributed by atoms with van der Waals surface area (Å²) in [7, 11) is -5.93. The van der Waals surface area contributed by atoms with Crippen LogP contribution >= 0.6 is 0 Å². The van der Waals surface area contributed by atoms with Crippen molar-refractivity contribution in [3.05, 3.63) is 115 Å². The smallest absolute Gasteiger partial charge is 0.413 e. The molecule has 4 rings (SSSR count). The second-order valence-electron chi connectivity index (χ2n) is 8.81. The molecular weight excluding hydrogens is 565 g/mol. The van der Waals surface area contributed by atoms with Gasteiger partial charge in [-0.05, 0) is 79.7 Å². The Morgan fingerprint density at radius 1 is 0.750 bits per heavy atom. The van der Waals surface area contributed by atoms with Gasteiger partial charge in [0.2, 0.25) is 4.75 Å². The van der Waals surface area contributed by atoms with Crippen molar-refractivity contribution in [3.8, 4) is 11.5 Å². The molecule has 0 aliphatic heterocycles. The number of benzene rings is 4. The minimum atomic E-state index is -5.60. The number of carbonyl (C=O) groups excluding carboxylic acids is 1. The van der Waals surface area contributed by atoms with Gasteiger partial charge in [0.05, 0.1) is 16.5 Å². The van der Waals surface area contributed by atoms with Crippen molar-refractivity contribution < 1.29 is 40.4 Å². The van der Waals surface area contributed by atoms with Crippen molar-refractivity contribution in [2.24, 2.45) is 0 Å². The summed E-state index contributed by atoms with van der Waals surface area (Å²) >= 11 is 0. The molecule has 1 N–H and O–H groups in total. The quantitative estimate of drug-likeness (QED) is 0.129. The fraction of sp³-hybridized carbons (Fsp3) is 0.138. The molecule has 11 heteroatoms. The van der Waals surface area contributed by atoms with E-state index in [-0.39, 0.29) is 23.4 Å². The summed E-state index contributed by atoms with van der Waals surface area (Å²) in [4.78, 5) is 15.7. The Hall–Kier alpha value is -3.80. The predicted molar refractivity (Wildman–Crippen MR) is 144 cm³/mol. The Morgan fingerprint density at radius 3 is 1.60 bits per heavy atom. The third kappa shape index (κ3) is 6.49. The molecular formula is C29H24F3O6S2+. The summed E-state index contributed by atoms with van der Waals surface area (Å²) in [6, 6.07) is 33.2. The van der Waals surface area contributed by atoms with Gasteiger partial charge in [0.25, 0.3) is 10.1 Å². The van der Waals surface area contributed by atoms with Crippen molar-refractivity contribution in [1.29, 1.82) is 0 Å². The molecule has 0 heterocycles. The third-order valence-electron chi connectivity index (χ3n) is 5.99. The minimum absolute atomic E-state index is 0.127. The lowest BCUT2D eigenvalue weighted by Gasteiger charge is -2.27. The molecule has 0 saturated carbocycles. The van der Waals surface area contributed by atoms with Crippen LogP contribution in [0.4, 0.5) is 13.2 Å². The van der Waals surface area contributed by atoms with Crippen LogP contribution in [0.25, 0.3) is 0 Å². The van der Waals surface area contributed by atoms with Crippen LogP contribution in [-0.4, -0.2) is 36.5 Å². The number of esters is 1. The number of alkyl halides is 3. The van der Waals surface area contributed by atoms with E-state index in [2.05, 4.69) is 29.0 Å². The molecule has 0 radical (unpaired) electrons. The maximum atomic E-state index is 13.2. The van der Waals surface area contributed by atoms with Gasteiger partial charge in [0.1, 0.15) is 18.1 Å². The standard InChI is InChI=1S/C29H23F3O6S2/c1-28(29(30,31)32,40(34,35)36)20-37-27(33)21-12-14-22(15-13-21)38-23-16-18-26(19-17-23)39(24-8-4-2-5-9-24)25-10-6-3-7-11-25/h2-19H,20H2,1H3/p+1. The highest BCUT2D eigenvalue weighted by molar-refractivity contribution is 7.97. The highest BCUT2D eigenvalue weighted by Crippen LogP contribution is 2.37. The summed E-state index contributed by atoms with van der Waals surface area (Å²) in [5.41, 5.74) is -0.127. The molecule has 6 nitrogen and oxygen atoms in total. The van der Waals surface area contributed by atoms with E-state index in [1.165, 1.54) is 24.3 Å². The molecule has 0 amide bonds. The van der Waals surface area contributed by atoms with Crippen LogP contribution in [0, 0.1) is 0 Å². The highest BCUT2D eigenvalue weighted by atomic mass is 32.2. The Balaban J connectivity index is 1.45. The second-order valence-corrected chi connectivity index (χ2v) is 12.7. The monoisotopic (exact) mass is 589 g/mol. The maximum Gasteiger partial charge on any atom is 0.413 e. The summed E-state index contributed by atoms with van der Waals surface area (Å²) in [5.74, 6) is -0.311. The highest BCUT2D eigenvalue weighted by Gasteiger charge is 2.61.